The molecule has 0 aliphatic carbocycles. The molecular weight excluding hydrogens is 1280 g/mol. The maximum atomic E-state index is 13.4. The molecule has 4 aromatic carbocycles. The van der Waals surface area contributed by atoms with Crippen LogP contribution in [0.5, 0.6) is 46.0 Å². The van der Waals surface area contributed by atoms with E-state index in [0.717, 1.165) is 54.6 Å². The highest BCUT2D eigenvalue weighted by Crippen LogP contribution is 2.43. The molecular formula is C60H63O35+. The summed E-state index contributed by atoms with van der Waals surface area (Å²) in [4.78, 5) is 61.9. The van der Waals surface area contributed by atoms with Crippen LogP contribution in [0.4, 0.5) is 0 Å². The summed E-state index contributed by atoms with van der Waals surface area (Å²) in [6.45, 7) is -2.77. The number of phenolic OH excluding ortho intramolecular Hbond substituents is 5. The van der Waals surface area contributed by atoms with Crippen molar-refractivity contribution in [2.75, 3.05) is 19.8 Å². The summed E-state index contributed by atoms with van der Waals surface area (Å²) in [6.07, 6.45) is -38.2. The molecule has 4 saturated heterocycles. The van der Waals surface area contributed by atoms with E-state index in [9.17, 15) is 116 Å². The van der Waals surface area contributed by atoms with Gasteiger partial charge in [-0.3, -0.25) is 9.59 Å². The van der Waals surface area contributed by atoms with Crippen LogP contribution in [0, 0.1) is 0 Å². The Hall–Kier alpha value is -9.12. The van der Waals surface area contributed by atoms with E-state index in [-0.39, 0.29) is 33.4 Å². The number of carboxylic acids is 2. The van der Waals surface area contributed by atoms with Gasteiger partial charge in [-0.15, -0.1) is 0 Å². The van der Waals surface area contributed by atoms with Gasteiger partial charge in [-0.05, 0) is 71.8 Å². The van der Waals surface area contributed by atoms with E-state index in [1.54, 1.807) is 0 Å². The molecule has 18 N–H and O–H groups in total. The quantitative estimate of drug-likeness (QED) is 0.00816. The van der Waals surface area contributed by atoms with Gasteiger partial charge in [0.25, 0.3) is 0 Å². The fraction of sp³-hybridized carbons (Fsp3) is 0.400. The molecule has 20 atom stereocenters. The van der Waals surface area contributed by atoms with Crippen molar-refractivity contribution in [1.29, 1.82) is 0 Å². The zero-order valence-corrected chi connectivity index (χ0v) is 48.7. The van der Waals surface area contributed by atoms with Crippen molar-refractivity contribution in [3.8, 4) is 57.3 Å². The smallest absolute Gasteiger partial charge is 0.402 e. The average molecular weight is 1340 g/mol. The number of aliphatic carboxylic acids is 2. The number of aromatic hydroxyl groups is 5. The van der Waals surface area contributed by atoms with E-state index < -0.39 is 225 Å². The third-order valence-corrected chi connectivity index (χ3v) is 15.1. The highest BCUT2D eigenvalue weighted by molar-refractivity contribution is 5.90. The van der Waals surface area contributed by atoms with E-state index in [1.807, 2.05) is 0 Å². The Morgan fingerprint density at radius 3 is 1.65 bits per heavy atom. The Bertz CT molecular complexity index is 3650. The summed E-state index contributed by atoms with van der Waals surface area (Å²) < 4.78 is 69.1. The van der Waals surface area contributed by atoms with Gasteiger partial charge in [0.2, 0.25) is 24.6 Å². The second kappa shape index (κ2) is 30.1. The van der Waals surface area contributed by atoms with E-state index in [4.69, 9.17) is 56.5 Å². The first-order valence-electron chi connectivity index (χ1n) is 28.4. The predicted octanol–water partition coefficient (Wildman–Crippen LogP) is -3.08. The van der Waals surface area contributed by atoms with Crippen molar-refractivity contribution in [2.45, 2.75) is 129 Å². The van der Waals surface area contributed by atoms with Crippen LogP contribution in [0.1, 0.15) is 17.5 Å². The normalized spacial score (nSPS) is 30.9. The van der Waals surface area contributed by atoms with Crippen LogP contribution < -0.4 is 14.2 Å². The average Bonchev–Trinajstić information content (AvgIpc) is 0.815. The number of hydrogen-bond donors (Lipinski definition) is 18. The number of benzene rings is 4. The minimum Gasteiger partial charge on any atom is -0.504 e. The number of esters is 3. The van der Waals surface area contributed by atoms with Gasteiger partial charge in [0.05, 0.1) is 23.6 Å². The van der Waals surface area contributed by atoms with Crippen LogP contribution in [-0.2, 0) is 61.9 Å². The molecule has 0 bridgehead atoms. The first-order valence-corrected chi connectivity index (χ1v) is 28.4. The van der Waals surface area contributed by atoms with E-state index in [0.29, 0.717) is 0 Å². The molecule has 9 rings (SSSR count). The summed E-state index contributed by atoms with van der Waals surface area (Å²) in [7, 11) is 0. The van der Waals surface area contributed by atoms with Crippen LogP contribution in [-0.4, -0.2) is 264 Å². The molecule has 0 unspecified atom stereocenters. The first-order chi connectivity index (χ1) is 45.1. The molecule has 0 spiro atoms. The van der Waals surface area contributed by atoms with Crippen molar-refractivity contribution in [3.05, 3.63) is 102 Å². The monoisotopic (exact) mass is 1340 g/mol. The highest BCUT2D eigenvalue weighted by Gasteiger charge is 2.54. The topological polar surface area (TPSA) is 562 Å². The minimum atomic E-state index is -2.32. The molecule has 35 heteroatoms. The number of hydrogen-bond acceptors (Lipinski definition) is 32. The van der Waals surface area contributed by atoms with E-state index in [1.165, 1.54) is 48.5 Å². The fourth-order valence-electron chi connectivity index (χ4n) is 9.97. The summed E-state index contributed by atoms with van der Waals surface area (Å²) >= 11 is 0. The third-order valence-electron chi connectivity index (χ3n) is 15.1. The number of carbonyl (C=O) groups is 5. The van der Waals surface area contributed by atoms with Crippen molar-refractivity contribution >= 4 is 53.0 Å². The largest absolute Gasteiger partial charge is 0.504 e. The Kier molecular flexibility index (Phi) is 22.2. The SMILES string of the molecule is O=C(O)CC(=O)OC[C@H]1O[C@@H](Oc2cc3ccc(O[C@@H]4O[C@H](COC(=O)C=Cc5ccc(O)c(O)c5)[C@@H](O)[C@H](O)[C@H]4O)cc3[o+]c2-c2ccc(O)c(O[C@@H]3O[C@H](C(=O)O)[C@@H](O)[C@H](O)[C@H]3O)c2)[C@H](O[C@@H]2O[C@H](CO)[C@@H](O)[C@H](O)[C@H]2OC(=O)C=Cc2ccc(O)c(O)c2)[C@@H](O)[C@H]1O. The van der Waals surface area contributed by atoms with Crippen molar-refractivity contribution < 1.29 is 172 Å². The molecule has 35 nitrogen and oxygen atoms in total. The van der Waals surface area contributed by atoms with Crippen LogP contribution >= 0.6 is 0 Å². The van der Waals surface area contributed by atoms with Crippen molar-refractivity contribution in [2.24, 2.45) is 0 Å². The Labute approximate surface area is 532 Å². The molecule has 95 heavy (non-hydrogen) atoms. The number of fused-ring (bicyclic) bond motifs is 1. The van der Waals surface area contributed by atoms with Gasteiger partial charge >= 0.3 is 41.2 Å². The van der Waals surface area contributed by atoms with Gasteiger partial charge in [-0.1, -0.05) is 12.1 Å². The van der Waals surface area contributed by atoms with Gasteiger partial charge in [0.15, 0.2) is 59.1 Å². The number of aliphatic hydroxyl groups is 11. The number of ether oxygens (including phenoxy) is 11. The van der Waals surface area contributed by atoms with Gasteiger partial charge in [-0.2, -0.15) is 0 Å². The molecule has 0 saturated carbocycles. The lowest BCUT2D eigenvalue weighted by atomic mass is 9.97. The van der Waals surface area contributed by atoms with Crippen molar-refractivity contribution in [3.63, 3.8) is 0 Å². The standard InChI is InChI=1S/C60H62O35/c61-19-35-42(72)47(77)54(93-40(70)12-4-23-2-9-28(63)31(66)14-23)60(90-35)95-55-48(78)44(74)37(21-85-41(71)18-38(67)68)92-59(55)89-34-15-24-5-7-26(86-57-50(80)45(75)43(73)36(91-57)20-84-39(69)11-3-22-1-8-27(62)30(65)13-22)17-32(24)87-52(34)25-6-10-29(64)33(16-25)88-58-51(81)46(76)49(79)53(94-58)56(82)83/h1-17,35-37,42-51,53-55,57-61,72-81H,18-21H2,(H6-,62,63,64,65,66,67,68,69,70,82,83)/p+1/t35-,36-,37-,42-,43-,44+,45+,46+,47+,48+,49+,50-,51-,53+,54-,55-,57-,58-,59-,60+/m1/s1. The molecule has 5 heterocycles. The highest BCUT2D eigenvalue weighted by atomic mass is 16.8. The van der Waals surface area contributed by atoms with Gasteiger partial charge in [0.1, 0.15) is 105 Å². The molecule has 0 radical (unpaired) electrons. The molecule has 512 valence electrons. The maximum absolute atomic E-state index is 13.4. The molecule has 5 aromatic rings. The Balaban J connectivity index is 1.07. The molecule has 4 aliphatic rings. The van der Waals surface area contributed by atoms with Crippen LogP contribution in [0.2, 0.25) is 0 Å². The van der Waals surface area contributed by atoms with Crippen molar-refractivity contribution in [1.82, 2.24) is 0 Å². The summed E-state index contributed by atoms with van der Waals surface area (Å²) in [5.74, 6) is -11.6. The van der Waals surface area contributed by atoms with Crippen LogP contribution in [0.25, 0.3) is 34.4 Å². The molecule has 4 fully saturated rings. The zero-order chi connectivity index (χ0) is 68.9. The second-order valence-corrected chi connectivity index (χ2v) is 21.7. The zero-order valence-electron chi connectivity index (χ0n) is 48.7. The first kappa shape index (κ1) is 70.2. The number of carbonyl (C=O) groups excluding carboxylic acids is 3. The van der Waals surface area contributed by atoms with Crippen LogP contribution in [0.3, 0.4) is 0 Å². The van der Waals surface area contributed by atoms with E-state index >= 15 is 0 Å². The van der Waals surface area contributed by atoms with Gasteiger partial charge in [-0.25, -0.2) is 18.8 Å². The molecule has 1 aromatic heterocycles. The summed E-state index contributed by atoms with van der Waals surface area (Å²) in [5, 5.41) is 190. The maximum Gasteiger partial charge on any atom is 0.402 e. The third kappa shape index (κ3) is 16.3. The number of carboxylic acid groups (broad SMARTS) is 2. The second-order valence-electron chi connectivity index (χ2n) is 21.7. The molecule has 0 amide bonds. The summed E-state index contributed by atoms with van der Waals surface area (Å²) in [6, 6.07) is 15.1. The number of phenols is 5. The fourth-order valence-corrected chi connectivity index (χ4v) is 9.97. The Morgan fingerprint density at radius 1 is 0.484 bits per heavy atom. The summed E-state index contributed by atoms with van der Waals surface area (Å²) in [5.41, 5.74) is -0.00442. The number of aliphatic hydroxyl groups excluding tert-OH is 11. The van der Waals surface area contributed by atoms with Crippen LogP contribution in [0.15, 0.2) is 95.4 Å². The number of rotatable bonds is 22. The molecule has 4 aliphatic heterocycles. The lowest BCUT2D eigenvalue weighted by molar-refractivity contribution is -0.358. The minimum absolute atomic E-state index is 0.0346. The van der Waals surface area contributed by atoms with Gasteiger partial charge in [0, 0.05) is 24.3 Å². The lowest BCUT2D eigenvalue weighted by Gasteiger charge is -2.46. The predicted molar refractivity (Wildman–Crippen MR) is 306 cm³/mol. The van der Waals surface area contributed by atoms with E-state index in [2.05, 4.69) is 0 Å². The lowest BCUT2D eigenvalue weighted by Crippen LogP contribution is -2.65. The Morgan fingerprint density at radius 2 is 1.03 bits per heavy atom. The van der Waals surface area contributed by atoms with Gasteiger partial charge < -0.3 is 144 Å².